The predicted molar refractivity (Wildman–Crippen MR) is 67.5 cm³/mol. The Hall–Kier alpha value is -1.64. The SMILES string of the molecule is CC(=O)CSCC(NN=O)C(=O)NC(C)C(N)=O. The zero-order valence-electron chi connectivity index (χ0n) is 10.1. The van der Waals surface area contributed by atoms with E-state index in [1.165, 1.54) is 25.6 Å². The van der Waals surface area contributed by atoms with E-state index >= 15 is 0 Å². The Bertz CT molecular complexity index is 337. The highest BCUT2D eigenvalue weighted by molar-refractivity contribution is 8.00. The number of carbonyl (C=O) groups is 3. The number of nitrogens with two attached hydrogens (primary N) is 1. The summed E-state index contributed by atoms with van der Waals surface area (Å²) in [5.74, 6) is -0.878. The summed E-state index contributed by atoms with van der Waals surface area (Å²) in [4.78, 5) is 43.3. The Morgan fingerprint density at radius 3 is 2.44 bits per heavy atom. The van der Waals surface area contributed by atoms with Gasteiger partial charge in [0, 0.05) is 5.75 Å². The normalized spacial score (nSPS) is 13.2. The van der Waals surface area contributed by atoms with E-state index in [4.69, 9.17) is 5.73 Å². The molecule has 9 heteroatoms. The van der Waals surface area contributed by atoms with Gasteiger partial charge in [-0.2, -0.15) is 11.8 Å². The van der Waals surface area contributed by atoms with E-state index in [0.717, 1.165) is 0 Å². The minimum atomic E-state index is -0.909. The van der Waals surface area contributed by atoms with Gasteiger partial charge in [-0.15, -0.1) is 4.91 Å². The van der Waals surface area contributed by atoms with Crippen molar-refractivity contribution in [3.05, 3.63) is 4.91 Å². The number of thioether (sulfide) groups is 1. The number of carbonyl (C=O) groups excluding carboxylic acids is 3. The van der Waals surface area contributed by atoms with Gasteiger partial charge in [-0.25, -0.2) is 0 Å². The molecule has 0 aromatic rings. The van der Waals surface area contributed by atoms with Gasteiger partial charge in [0.15, 0.2) is 0 Å². The van der Waals surface area contributed by atoms with Crippen LogP contribution in [0.1, 0.15) is 13.8 Å². The molecule has 2 amide bonds. The van der Waals surface area contributed by atoms with Crippen molar-refractivity contribution in [1.29, 1.82) is 0 Å². The molecular weight excluding hydrogens is 260 g/mol. The van der Waals surface area contributed by atoms with Gasteiger partial charge in [0.2, 0.25) is 11.8 Å². The molecule has 0 aliphatic rings. The first-order valence-electron chi connectivity index (χ1n) is 5.13. The molecule has 0 saturated heterocycles. The van der Waals surface area contributed by atoms with Crippen molar-refractivity contribution < 1.29 is 14.4 Å². The van der Waals surface area contributed by atoms with E-state index in [-0.39, 0.29) is 17.3 Å². The molecule has 4 N–H and O–H groups in total. The van der Waals surface area contributed by atoms with Crippen molar-refractivity contribution >= 4 is 29.4 Å². The monoisotopic (exact) mass is 276 g/mol. The van der Waals surface area contributed by atoms with Crippen LogP contribution in [-0.2, 0) is 14.4 Å². The lowest BCUT2D eigenvalue weighted by molar-refractivity contribution is -0.127. The lowest BCUT2D eigenvalue weighted by Crippen LogP contribution is -2.50. The summed E-state index contributed by atoms with van der Waals surface area (Å²) in [5.41, 5.74) is 7.06. The highest BCUT2D eigenvalue weighted by Gasteiger charge is 2.21. The molecule has 0 aromatic heterocycles. The molecule has 0 radical (unpaired) electrons. The maximum atomic E-state index is 11.6. The molecule has 0 fully saturated rings. The Morgan fingerprint density at radius 1 is 1.39 bits per heavy atom. The first-order valence-corrected chi connectivity index (χ1v) is 6.28. The Kier molecular flexibility index (Phi) is 7.68. The molecule has 18 heavy (non-hydrogen) atoms. The molecule has 0 rings (SSSR count). The summed E-state index contributed by atoms with van der Waals surface area (Å²) in [5, 5.41) is 4.76. The number of hydrogen-bond donors (Lipinski definition) is 3. The van der Waals surface area contributed by atoms with Crippen LogP contribution in [0.5, 0.6) is 0 Å². The summed E-state index contributed by atoms with van der Waals surface area (Å²) in [7, 11) is 0. The smallest absolute Gasteiger partial charge is 0.245 e. The third-order valence-electron chi connectivity index (χ3n) is 1.90. The van der Waals surface area contributed by atoms with Crippen LogP contribution in [0.4, 0.5) is 0 Å². The fourth-order valence-corrected chi connectivity index (χ4v) is 1.81. The Labute approximate surface area is 108 Å². The highest BCUT2D eigenvalue weighted by Crippen LogP contribution is 2.04. The van der Waals surface area contributed by atoms with Crippen molar-refractivity contribution in [2.75, 3.05) is 11.5 Å². The number of primary amides is 1. The zero-order valence-corrected chi connectivity index (χ0v) is 11.0. The van der Waals surface area contributed by atoms with Gasteiger partial charge in [0.1, 0.15) is 17.9 Å². The Balaban J connectivity index is 4.30. The second-order valence-electron chi connectivity index (χ2n) is 3.62. The molecule has 8 nitrogen and oxygen atoms in total. The average Bonchev–Trinajstić information content (AvgIpc) is 2.27. The van der Waals surface area contributed by atoms with Gasteiger partial charge < -0.3 is 11.1 Å². The van der Waals surface area contributed by atoms with Gasteiger partial charge in [-0.3, -0.25) is 19.8 Å². The number of ketones is 1. The highest BCUT2D eigenvalue weighted by atomic mass is 32.2. The van der Waals surface area contributed by atoms with E-state index in [1.807, 2.05) is 0 Å². The lowest BCUT2D eigenvalue weighted by Gasteiger charge is -2.16. The number of nitrogens with zero attached hydrogens (tertiary/aromatic N) is 1. The van der Waals surface area contributed by atoms with E-state index in [9.17, 15) is 19.3 Å². The topological polar surface area (TPSA) is 131 Å². The maximum absolute atomic E-state index is 11.6. The second kappa shape index (κ2) is 8.45. The number of Topliss-reactive ketones (excluding diaryl/α,β-unsaturated/α-hetero) is 1. The van der Waals surface area contributed by atoms with Gasteiger partial charge in [-0.05, 0) is 13.8 Å². The van der Waals surface area contributed by atoms with E-state index in [1.54, 1.807) is 0 Å². The molecule has 2 unspecified atom stereocenters. The first-order chi connectivity index (χ1) is 8.38. The van der Waals surface area contributed by atoms with Crippen molar-refractivity contribution in [3.63, 3.8) is 0 Å². The molecule has 0 heterocycles. The molecular formula is C9H16N4O4S. The van der Waals surface area contributed by atoms with Crippen molar-refractivity contribution in [3.8, 4) is 0 Å². The summed E-state index contributed by atoms with van der Waals surface area (Å²) in [6.07, 6.45) is 0. The Morgan fingerprint density at radius 2 is 2.00 bits per heavy atom. The number of nitroso groups, excluding NO2 is 1. The van der Waals surface area contributed by atoms with Crippen molar-refractivity contribution in [2.24, 2.45) is 11.0 Å². The minimum Gasteiger partial charge on any atom is -0.368 e. The van der Waals surface area contributed by atoms with Crippen molar-refractivity contribution in [1.82, 2.24) is 10.7 Å². The van der Waals surface area contributed by atoms with Crippen LogP contribution in [-0.4, -0.2) is 41.2 Å². The summed E-state index contributed by atoms with van der Waals surface area (Å²) in [6.45, 7) is 2.84. The average molecular weight is 276 g/mol. The van der Waals surface area contributed by atoms with Gasteiger partial charge >= 0.3 is 0 Å². The second-order valence-corrected chi connectivity index (χ2v) is 4.65. The maximum Gasteiger partial charge on any atom is 0.245 e. The molecule has 0 aromatic carbocycles. The van der Waals surface area contributed by atoms with Gasteiger partial charge in [0.25, 0.3) is 0 Å². The molecule has 2 atom stereocenters. The van der Waals surface area contributed by atoms with Crippen LogP contribution in [0.2, 0.25) is 0 Å². The van der Waals surface area contributed by atoms with Gasteiger partial charge in [0.05, 0.1) is 11.0 Å². The van der Waals surface area contributed by atoms with E-state index < -0.39 is 23.9 Å². The summed E-state index contributed by atoms with van der Waals surface area (Å²) >= 11 is 1.19. The first kappa shape index (κ1) is 16.4. The zero-order chi connectivity index (χ0) is 14.1. The summed E-state index contributed by atoms with van der Waals surface area (Å²) < 4.78 is 0. The third-order valence-corrected chi connectivity index (χ3v) is 3.08. The molecule has 0 aliphatic heterocycles. The minimum absolute atomic E-state index is 0.0382. The number of nitrogens with one attached hydrogen (secondary N) is 2. The van der Waals surface area contributed by atoms with Crippen LogP contribution in [0, 0.1) is 4.91 Å². The van der Waals surface area contributed by atoms with Gasteiger partial charge in [-0.1, -0.05) is 0 Å². The van der Waals surface area contributed by atoms with E-state index in [2.05, 4.69) is 16.0 Å². The largest absolute Gasteiger partial charge is 0.368 e. The number of rotatable bonds is 9. The number of hydrogen-bond acceptors (Lipinski definition) is 6. The number of amides is 2. The lowest BCUT2D eigenvalue weighted by atomic mass is 10.2. The molecule has 0 saturated carbocycles. The standard InChI is InChI=1S/C9H16N4O4S/c1-5(14)3-18-4-7(12-13-17)9(16)11-6(2)8(10)15/h6-7H,3-4H2,1-2H3,(H2,10,15)(H,11,16)(H,12,17). The molecule has 102 valence electrons. The van der Waals surface area contributed by atoms with Crippen LogP contribution in [0.15, 0.2) is 5.29 Å². The van der Waals surface area contributed by atoms with Crippen LogP contribution >= 0.6 is 11.8 Å². The van der Waals surface area contributed by atoms with E-state index in [0.29, 0.717) is 0 Å². The van der Waals surface area contributed by atoms with Crippen LogP contribution < -0.4 is 16.5 Å². The third kappa shape index (κ3) is 6.84. The summed E-state index contributed by atoms with van der Waals surface area (Å²) in [6, 6.07) is -1.75. The van der Waals surface area contributed by atoms with Crippen LogP contribution in [0.25, 0.3) is 0 Å². The fourth-order valence-electron chi connectivity index (χ4n) is 0.941. The molecule has 0 bridgehead atoms. The quantitative estimate of drug-likeness (QED) is 0.363. The molecule has 0 spiro atoms. The van der Waals surface area contributed by atoms with Crippen LogP contribution in [0.3, 0.4) is 0 Å². The fraction of sp³-hybridized carbons (Fsp3) is 0.667. The van der Waals surface area contributed by atoms with Crippen molar-refractivity contribution in [2.45, 2.75) is 25.9 Å². The molecule has 0 aliphatic carbocycles. The predicted octanol–water partition coefficient (Wildman–Crippen LogP) is -1.06.